The Kier molecular flexibility index (Phi) is 4.43. The Morgan fingerprint density at radius 3 is 2.95 bits per heavy atom. The monoisotopic (exact) mass is 266 g/mol. The largest absolute Gasteiger partial charge is 0.320 e. The Morgan fingerprint density at radius 2 is 2.25 bits per heavy atom. The van der Waals surface area contributed by atoms with Gasteiger partial charge in [0.1, 0.15) is 0 Å². The molecule has 2 rings (SSSR count). The second kappa shape index (κ2) is 6.45. The van der Waals surface area contributed by atoms with Crippen LogP contribution in [0.3, 0.4) is 0 Å². The van der Waals surface area contributed by atoms with Crippen LogP contribution in [-0.2, 0) is 0 Å². The Hall–Kier alpha value is -2.71. The molecule has 20 heavy (non-hydrogen) atoms. The van der Waals surface area contributed by atoms with E-state index in [9.17, 15) is 4.79 Å². The van der Waals surface area contributed by atoms with E-state index >= 15 is 0 Å². The van der Waals surface area contributed by atoms with Gasteiger partial charge in [-0.15, -0.1) is 0 Å². The summed E-state index contributed by atoms with van der Waals surface area (Å²) in [6.07, 6.45) is 4.54. The van der Waals surface area contributed by atoms with E-state index in [0.717, 1.165) is 5.56 Å². The lowest BCUT2D eigenvalue weighted by Gasteiger charge is -2.07. The van der Waals surface area contributed by atoms with Gasteiger partial charge in [-0.3, -0.25) is 9.78 Å². The number of aromatic nitrogens is 2. The standard InChI is InChI=1S/C15H14N4O/c1-11-4-5-12(3-2-6-16)13(9-11)15(20)19-14-10-17-7-8-18-14/h4-5,7-10H,6,16H2,1H3,(H,18,19,20). The average molecular weight is 266 g/mol. The summed E-state index contributed by atoms with van der Waals surface area (Å²) >= 11 is 0. The van der Waals surface area contributed by atoms with E-state index in [1.807, 2.05) is 19.1 Å². The first-order chi connectivity index (χ1) is 9.70. The Morgan fingerprint density at radius 1 is 1.40 bits per heavy atom. The van der Waals surface area contributed by atoms with Crippen molar-refractivity contribution < 1.29 is 4.79 Å². The summed E-state index contributed by atoms with van der Waals surface area (Å²) in [5.74, 6) is 5.78. The third-order valence-electron chi connectivity index (χ3n) is 2.55. The molecule has 0 aliphatic rings. The van der Waals surface area contributed by atoms with Crippen LogP contribution in [0.25, 0.3) is 0 Å². The van der Waals surface area contributed by atoms with Gasteiger partial charge in [-0.1, -0.05) is 23.5 Å². The fourth-order valence-electron chi connectivity index (χ4n) is 1.65. The van der Waals surface area contributed by atoms with Gasteiger partial charge in [-0.2, -0.15) is 0 Å². The molecule has 1 amide bonds. The van der Waals surface area contributed by atoms with Crippen LogP contribution in [0.15, 0.2) is 36.8 Å². The first-order valence-electron chi connectivity index (χ1n) is 6.07. The third kappa shape index (κ3) is 3.40. The van der Waals surface area contributed by atoms with Crippen LogP contribution in [0.1, 0.15) is 21.5 Å². The van der Waals surface area contributed by atoms with Crippen LogP contribution in [0.5, 0.6) is 0 Å². The SMILES string of the molecule is Cc1ccc(C#CCN)c(C(=O)Nc2cnccn2)c1. The van der Waals surface area contributed by atoms with Gasteiger partial charge in [0.2, 0.25) is 0 Å². The van der Waals surface area contributed by atoms with Crippen molar-refractivity contribution in [2.75, 3.05) is 11.9 Å². The van der Waals surface area contributed by atoms with Crippen molar-refractivity contribution in [3.63, 3.8) is 0 Å². The number of hydrogen-bond acceptors (Lipinski definition) is 4. The zero-order chi connectivity index (χ0) is 14.4. The van der Waals surface area contributed by atoms with Crippen LogP contribution in [0.4, 0.5) is 5.82 Å². The molecule has 0 fully saturated rings. The molecule has 0 radical (unpaired) electrons. The summed E-state index contributed by atoms with van der Waals surface area (Å²) < 4.78 is 0. The number of anilines is 1. The molecule has 100 valence electrons. The number of amides is 1. The maximum absolute atomic E-state index is 12.3. The lowest BCUT2D eigenvalue weighted by Crippen LogP contribution is -2.15. The Labute approximate surface area is 117 Å². The van der Waals surface area contributed by atoms with Crippen molar-refractivity contribution in [2.45, 2.75) is 6.92 Å². The zero-order valence-electron chi connectivity index (χ0n) is 11.1. The highest BCUT2D eigenvalue weighted by atomic mass is 16.1. The second-order valence-electron chi connectivity index (χ2n) is 4.10. The maximum Gasteiger partial charge on any atom is 0.258 e. The molecule has 1 heterocycles. The summed E-state index contributed by atoms with van der Waals surface area (Å²) in [6.45, 7) is 2.17. The van der Waals surface area contributed by atoms with Crippen molar-refractivity contribution in [1.29, 1.82) is 0 Å². The summed E-state index contributed by atoms with van der Waals surface area (Å²) in [5, 5.41) is 2.69. The van der Waals surface area contributed by atoms with E-state index in [4.69, 9.17) is 5.73 Å². The molecule has 0 unspecified atom stereocenters. The molecule has 2 aromatic rings. The predicted octanol–water partition coefficient (Wildman–Crippen LogP) is 1.35. The fraction of sp³-hybridized carbons (Fsp3) is 0.133. The lowest BCUT2D eigenvalue weighted by molar-refractivity contribution is 0.102. The van der Waals surface area contributed by atoms with E-state index in [1.165, 1.54) is 12.4 Å². The quantitative estimate of drug-likeness (QED) is 0.804. The molecule has 5 heteroatoms. The molecule has 0 saturated carbocycles. The van der Waals surface area contributed by atoms with Crippen molar-refractivity contribution in [2.24, 2.45) is 5.73 Å². The molecular weight excluding hydrogens is 252 g/mol. The fourth-order valence-corrected chi connectivity index (χ4v) is 1.65. The molecule has 1 aromatic heterocycles. The molecule has 0 spiro atoms. The first kappa shape index (κ1) is 13.7. The Balaban J connectivity index is 2.31. The molecular formula is C15H14N4O. The van der Waals surface area contributed by atoms with E-state index in [0.29, 0.717) is 16.9 Å². The molecule has 5 nitrogen and oxygen atoms in total. The minimum atomic E-state index is -0.268. The van der Waals surface area contributed by atoms with E-state index in [1.54, 1.807) is 12.3 Å². The highest BCUT2D eigenvalue weighted by Gasteiger charge is 2.11. The number of rotatable bonds is 2. The van der Waals surface area contributed by atoms with Gasteiger partial charge in [-0.05, 0) is 19.1 Å². The normalized spacial score (nSPS) is 9.50. The van der Waals surface area contributed by atoms with E-state index in [-0.39, 0.29) is 12.5 Å². The van der Waals surface area contributed by atoms with Crippen LogP contribution in [-0.4, -0.2) is 22.4 Å². The molecule has 0 aliphatic carbocycles. The topological polar surface area (TPSA) is 80.9 Å². The van der Waals surface area contributed by atoms with Crippen molar-refractivity contribution in [3.8, 4) is 11.8 Å². The summed E-state index contributed by atoms with van der Waals surface area (Å²) in [6, 6.07) is 5.50. The first-order valence-corrected chi connectivity index (χ1v) is 6.07. The van der Waals surface area contributed by atoms with Crippen molar-refractivity contribution in [1.82, 2.24) is 9.97 Å². The highest BCUT2D eigenvalue weighted by molar-refractivity contribution is 6.05. The van der Waals surface area contributed by atoms with Gasteiger partial charge in [-0.25, -0.2) is 4.98 Å². The van der Waals surface area contributed by atoms with Crippen LogP contribution in [0, 0.1) is 18.8 Å². The van der Waals surface area contributed by atoms with Gasteiger partial charge in [0, 0.05) is 18.0 Å². The van der Waals surface area contributed by atoms with Crippen LogP contribution < -0.4 is 11.1 Å². The van der Waals surface area contributed by atoms with Gasteiger partial charge in [0.05, 0.1) is 18.3 Å². The van der Waals surface area contributed by atoms with Crippen molar-refractivity contribution in [3.05, 3.63) is 53.5 Å². The smallest absolute Gasteiger partial charge is 0.258 e. The van der Waals surface area contributed by atoms with Crippen molar-refractivity contribution >= 4 is 11.7 Å². The second-order valence-corrected chi connectivity index (χ2v) is 4.10. The average Bonchev–Trinajstić information content (AvgIpc) is 2.47. The minimum absolute atomic E-state index is 0.249. The number of benzene rings is 1. The maximum atomic E-state index is 12.3. The predicted molar refractivity (Wildman–Crippen MR) is 77.1 cm³/mol. The number of nitrogens with two attached hydrogens (primary N) is 1. The third-order valence-corrected chi connectivity index (χ3v) is 2.55. The number of aryl methyl sites for hydroxylation is 1. The van der Waals surface area contributed by atoms with E-state index < -0.39 is 0 Å². The summed E-state index contributed by atoms with van der Waals surface area (Å²) in [7, 11) is 0. The number of nitrogens with zero attached hydrogens (tertiary/aromatic N) is 2. The lowest BCUT2D eigenvalue weighted by atomic mass is 10.0. The molecule has 0 aliphatic heterocycles. The highest BCUT2D eigenvalue weighted by Crippen LogP contribution is 2.13. The van der Waals surface area contributed by atoms with E-state index in [2.05, 4.69) is 27.1 Å². The van der Waals surface area contributed by atoms with Gasteiger partial charge in [0.25, 0.3) is 5.91 Å². The molecule has 0 bridgehead atoms. The molecule has 1 aromatic carbocycles. The van der Waals surface area contributed by atoms with Crippen LogP contribution >= 0.6 is 0 Å². The van der Waals surface area contributed by atoms with Gasteiger partial charge < -0.3 is 11.1 Å². The van der Waals surface area contributed by atoms with Gasteiger partial charge >= 0.3 is 0 Å². The van der Waals surface area contributed by atoms with Crippen LogP contribution in [0.2, 0.25) is 0 Å². The number of carbonyl (C=O) groups excluding carboxylic acids is 1. The zero-order valence-corrected chi connectivity index (χ0v) is 11.1. The molecule has 0 saturated heterocycles. The number of hydrogen-bond donors (Lipinski definition) is 2. The molecule has 3 N–H and O–H groups in total. The minimum Gasteiger partial charge on any atom is -0.320 e. The van der Waals surface area contributed by atoms with Gasteiger partial charge in [0.15, 0.2) is 5.82 Å². The number of nitrogens with one attached hydrogen (secondary N) is 1. The molecule has 0 atom stereocenters. The summed E-state index contributed by atoms with van der Waals surface area (Å²) in [5.41, 5.74) is 7.48. The summed E-state index contributed by atoms with van der Waals surface area (Å²) in [4.78, 5) is 20.2. The number of carbonyl (C=O) groups is 1. The Bertz CT molecular complexity index is 671.